The number of hydrogen-bond acceptors (Lipinski definition) is 3. The third-order valence-corrected chi connectivity index (χ3v) is 4.73. The quantitative estimate of drug-likeness (QED) is 0.911. The van der Waals surface area contributed by atoms with Crippen LogP contribution in [0.25, 0.3) is 0 Å². The molecule has 1 aromatic carbocycles. The summed E-state index contributed by atoms with van der Waals surface area (Å²) in [5.74, 6) is 2.55. The predicted octanol–water partition coefficient (Wildman–Crippen LogP) is 3.67. The highest BCUT2D eigenvalue weighted by atomic mass is 35.5. The molecule has 0 radical (unpaired) electrons. The van der Waals surface area contributed by atoms with Gasteiger partial charge in [0.1, 0.15) is 5.75 Å². The van der Waals surface area contributed by atoms with Crippen LogP contribution in [0.3, 0.4) is 0 Å². The van der Waals surface area contributed by atoms with Crippen molar-refractivity contribution in [2.45, 2.75) is 30.1 Å². The fourth-order valence-corrected chi connectivity index (χ4v) is 3.99. The van der Waals surface area contributed by atoms with E-state index in [1.54, 1.807) is 7.11 Å². The van der Waals surface area contributed by atoms with Gasteiger partial charge in [0.15, 0.2) is 0 Å². The molecule has 0 saturated carbocycles. The average Bonchev–Trinajstić information content (AvgIpc) is 2.54. The van der Waals surface area contributed by atoms with E-state index in [-0.39, 0.29) is 0 Å². The van der Waals surface area contributed by atoms with Gasteiger partial charge < -0.3 is 10.5 Å². The van der Waals surface area contributed by atoms with Crippen molar-refractivity contribution in [1.82, 2.24) is 0 Å². The number of hydrogen-bond donors (Lipinski definition) is 1. The van der Waals surface area contributed by atoms with E-state index in [0.29, 0.717) is 12.5 Å². The van der Waals surface area contributed by atoms with Crippen LogP contribution in [0.5, 0.6) is 5.75 Å². The number of rotatable bonds is 3. The number of benzene rings is 1. The van der Waals surface area contributed by atoms with Gasteiger partial charge in [-0.25, -0.2) is 0 Å². The van der Waals surface area contributed by atoms with E-state index < -0.39 is 0 Å². The normalized spacial score (nSPS) is 19.6. The predicted molar refractivity (Wildman–Crippen MR) is 74.4 cm³/mol. The standard InChI is InChI=1S/C13H18ClNOS/c1-16-11-5-4-10(14)12-9(6-7-15)3-2-8-17-13(11)12/h4-5,9H,2-3,6-8,15H2,1H3. The molecule has 0 fully saturated rings. The molecule has 2 N–H and O–H groups in total. The largest absolute Gasteiger partial charge is 0.496 e. The van der Waals surface area contributed by atoms with Crippen LogP contribution in [-0.4, -0.2) is 19.4 Å². The van der Waals surface area contributed by atoms with Gasteiger partial charge in [-0.05, 0) is 55.2 Å². The lowest BCUT2D eigenvalue weighted by atomic mass is 9.91. The third-order valence-electron chi connectivity index (χ3n) is 3.19. The molecular formula is C13H18ClNOS. The van der Waals surface area contributed by atoms with Crippen molar-refractivity contribution in [3.63, 3.8) is 0 Å². The van der Waals surface area contributed by atoms with Gasteiger partial charge in [-0.15, -0.1) is 11.8 Å². The first-order valence-electron chi connectivity index (χ1n) is 5.97. The number of methoxy groups -OCH3 is 1. The Morgan fingerprint density at radius 1 is 1.53 bits per heavy atom. The van der Waals surface area contributed by atoms with Gasteiger partial charge in [-0.3, -0.25) is 0 Å². The Morgan fingerprint density at radius 3 is 3.06 bits per heavy atom. The molecule has 0 amide bonds. The van der Waals surface area contributed by atoms with Crippen LogP contribution in [0.4, 0.5) is 0 Å². The van der Waals surface area contributed by atoms with E-state index in [9.17, 15) is 0 Å². The summed E-state index contributed by atoms with van der Waals surface area (Å²) < 4.78 is 5.44. The SMILES string of the molecule is COc1ccc(Cl)c2c1SCCCC2CCN. The summed E-state index contributed by atoms with van der Waals surface area (Å²) in [6.45, 7) is 0.711. The lowest BCUT2D eigenvalue weighted by Crippen LogP contribution is -2.08. The third kappa shape index (κ3) is 2.72. The van der Waals surface area contributed by atoms with Gasteiger partial charge in [0.25, 0.3) is 0 Å². The molecule has 0 spiro atoms. The first kappa shape index (κ1) is 13.1. The van der Waals surface area contributed by atoms with Gasteiger partial charge in [-0.1, -0.05) is 11.6 Å². The number of thioether (sulfide) groups is 1. The molecule has 0 aromatic heterocycles. The molecule has 1 aliphatic heterocycles. The molecule has 1 aliphatic rings. The topological polar surface area (TPSA) is 35.2 Å². The van der Waals surface area contributed by atoms with Crippen molar-refractivity contribution in [3.8, 4) is 5.75 Å². The van der Waals surface area contributed by atoms with Crippen LogP contribution >= 0.6 is 23.4 Å². The zero-order valence-corrected chi connectivity index (χ0v) is 11.6. The first-order chi connectivity index (χ1) is 8.27. The Bertz CT molecular complexity index is 397. The fourth-order valence-electron chi connectivity index (χ4n) is 2.38. The smallest absolute Gasteiger partial charge is 0.132 e. The monoisotopic (exact) mass is 271 g/mol. The summed E-state index contributed by atoms with van der Waals surface area (Å²) in [4.78, 5) is 1.22. The summed E-state index contributed by atoms with van der Waals surface area (Å²) in [6, 6.07) is 3.90. The van der Waals surface area contributed by atoms with Crippen LogP contribution < -0.4 is 10.5 Å². The Balaban J connectivity index is 2.47. The van der Waals surface area contributed by atoms with Crippen LogP contribution in [0.15, 0.2) is 17.0 Å². The Hall–Kier alpha value is -0.380. The summed E-state index contributed by atoms with van der Waals surface area (Å²) in [6.07, 6.45) is 3.38. The molecular weight excluding hydrogens is 254 g/mol. The summed E-state index contributed by atoms with van der Waals surface area (Å²) >= 11 is 8.22. The average molecular weight is 272 g/mol. The molecule has 1 heterocycles. The zero-order chi connectivity index (χ0) is 12.3. The summed E-state index contributed by atoms with van der Waals surface area (Å²) in [5, 5.41) is 0.855. The van der Waals surface area contributed by atoms with Gasteiger partial charge in [0.05, 0.1) is 12.0 Å². The number of nitrogens with two attached hydrogens (primary N) is 1. The van der Waals surface area contributed by atoms with Crippen molar-refractivity contribution in [3.05, 3.63) is 22.7 Å². The minimum absolute atomic E-state index is 0.479. The van der Waals surface area contributed by atoms with Crippen molar-refractivity contribution in [2.24, 2.45) is 5.73 Å². The Morgan fingerprint density at radius 2 is 2.35 bits per heavy atom. The van der Waals surface area contributed by atoms with Gasteiger partial charge in [0, 0.05) is 5.02 Å². The van der Waals surface area contributed by atoms with Crippen LogP contribution in [0, 0.1) is 0 Å². The lowest BCUT2D eigenvalue weighted by molar-refractivity contribution is 0.402. The minimum atomic E-state index is 0.479. The Kier molecular flexibility index (Phi) is 4.60. The van der Waals surface area contributed by atoms with E-state index in [1.165, 1.54) is 23.3 Å². The van der Waals surface area contributed by atoms with Crippen LogP contribution in [0.1, 0.15) is 30.7 Å². The summed E-state index contributed by atoms with van der Waals surface area (Å²) in [5.41, 5.74) is 6.96. The first-order valence-corrected chi connectivity index (χ1v) is 7.33. The number of fused-ring (bicyclic) bond motifs is 1. The molecule has 1 unspecified atom stereocenters. The number of halogens is 1. The molecule has 2 nitrogen and oxygen atoms in total. The van der Waals surface area contributed by atoms with E-state index in [2.05, 4.69) is 0 Å². The molecule has 0 bridgehead atoms. The van der Waals surface area contributed by atoms with Gasteiger partial charge in [0.2, 0.25) is 0 Å². The number of ether oxygens (including phenoxy) is 1. The molecule has 0 saturated heterocycles. The van der Waals surface area contributed by atoms with E-state index in [0.717, 1.165) is 22.9 Å². The van der Waals surface area contributed by atoms with Crippen molar-refractivity contribution in [2.75, 3.05) is 19.4 Å². The molecule has 4 heteroatoms. The second-order valence-electron chi connectivity index (χ2n) is 4.26. The maximum atomic E-state index is 6.36. The highest BCUT2D eigenvalue weighted by Gasteiger charge is 2.24. The second-order valence-corrected chi connectivity index (χ2v) is 5.77. The molecule has 1 aromatic rings. The van der Waals surface area contributed by atoms with Crippen LogP contribution in [0.2, 0.25) is 5.02 Å². The van der Waals surface area contributed by atoms with Crippen molar-refractivity contribution < 1.29 is 4.74 Å². The Labute approximate surface area is 112 Å². The zero-order valence-electron chi connectivity index (χ0n) is 10.0. The molecule has 0 aliphatic carbocycles. The fraction of sp³-hybridized carbons (Fsp3) is 0.538. The minimum Gasteiger partial charge on any atom is -0.496 e. The van der Waals surface area contributed by atoms with Crippen molar-refractivity contribution in [1.29, 1.82) is 0 Å². The molecule has 17 heavy (non-hydrogen) atoms. The van der Waals surface area contributed by atoms with Crippen molar-refractivity contribution >= 4 is 23.4 Å². The maximum absolute atomic E-state index is 6.36. The van der Waals surface area contributed by atoms with E-state index >= 15 is 0 Å². The molecule has 94 valence electrons. The van der Waals surface area contributed by atoms with E-state index in [4.69, 9.17) is 22.1 Å². The van der Waals surface area contributed by atoms with Gasteiger partial charge in [-0.2, -0.15) is 0 Å². The molecule has 1 atom stereocenters. The van der Waals surface area contributed by atoms with E-state index in [1.807, 2.05) is 23.9 Å². The second kappa shape index (κ2) is 5.98. The molecule has 2 rings (SSSR count). The highest BCUT2D eigenvalue weighted by Crippen LogP contribution is 2.45. The van der Waals surface area contributed by atoms with Gasteiger partial charge >= 0.3 is 0 Å². The lowest BCUT2D eigenvalue weighted by Gasteiger charge is -2.19. The summed E-state index contributed by atoms with van der Waals surface area (Å²) in [7, 11) is 1.72. The maximum Gasteiger partial charge on any atom is 0.132 e. The van der Waals surface area contributed by atoms with Crippen LogP contribution in [-0.2, 0) is 0 Å². The highest BCUT2D eigenvalue weighted by molar-refractivity contribution is 7.99.